The second-order valence-corrected chi connectivity index (χ2v) is 4.79. The van der Waals surface area contributed by atoms with Crippen LogP contribution in [0.4, 0.5) is 5.69 Å². The van der Waals surface area contributed by atoms with Crippen LogP contribution in [0.15, 0.2) is 53.1 Å². The molecule has 0 atom stereocenters. The molecular weight excluding hydrogens is 320 g/mol. The minimum absolute atomic E-state index is 0.215. The number of rotatable bonds is 4. The molecule has 5 heteroatoms. The van der Waals surface area contributed by atoms with E-state index in [-0.39, 0.29) is 5.91 Å². The highest BCUT2D eigenvalue weighted by Crippen LogP contribution is 2.17. The summed E-state index contributed by atoms with van der Waals surface area (Å²) in [6, 6.07) is 11.1. The van der Waals surface area contributed by atoms with Crippen molar-refractivity contribution < 1.29 is 9.53 Å². The molecule has 1 aromatic carbocycles. The van der Waals surface area contributed by atoms with Gasteiger partial charge in [-0.2, -0.15) is 0 Å². The highest BCUT2D eigenvalue weighted by Gasteiger charge is 2.00. The number of anilines is 1. The van der Waals surface area contributed by atoms with Crippen LogP contribution in [0.3, 0.4) is 0 Å². The van der Waals surface area contributed by atoms with Crippen molar-refractivity contribution in [2.24, 2.45) is 0 Å². The van der Waals surface area contributed by atoms with Crippen molar-refractivity contribution in [2.75, 3.05) is 12.4 Å². The van der Waals surface area contributed by atoms with Gasteiger partial charge < -0.3 is 10.1 Å². The standard InChI is InChI=1S/C15H13BrN2O2/c1-20-15-9-7-12(10-17-15)18-14(19)8-6-11-4-2-3-5-13(11)16/h2-10H,1H3,(H,18,19)/b8-6-. The lowest BCUT2D eigenvalue weighted by Crippen LogP contribution is -2.07. The van der Waals surface area contributed by atoms with E-state index in [0.29, 0.717) is 11.6 Å². The molecule has 102 valence electrons. The maximum Gasteiger partial charge on any atom is 0.248 e. The Morgan fingerprint density at radius 2 is 2.10 bits per heavy atom. The molecule has 1 aromatic heterocycles. The fourth-order valence-electron chi connectivity index (χ4n) is 1.53. The molecule has 1 heterocycles. The fourth-order valence-corrected chi connectivity index (χ4v) is 1.95. The summed E-state index contributed by atoms with van der Waals surface area (Å²) < 4.78 is 5.89. The van der Waals surface area contributed by atoms with E-state index in [1.165, 1.54) is 6.08 Å². The van der Waals surface area contributed by atoms with Gasteiger partial charge in [0.05, 0.1) is 19.0 Å². The topological polar surface area (TPSA) is 51.2 Å². The monoisotopic (exact) mass is 332 g/mol. The van der Waals surface area contributed by atoms with Crippen molar-refractivity contribution in [2.45, 2.75) is 0 Å². The number of pyridine rings is 1. The van der Waals surface area contributed by atoms with E-state index in [2.05, 4.69) is 26.2 Å². The van der Waals surface area contributed by atoms with Crippen molar-refractivity contribution in [3.63, 3.8) is 0 Å². The third-order valence-electron chi connectivity index (χ3n) is 2.53. The van der Waals surface area contributed by atoms with Crippen LogP contribution in [0.1, 0.15) is 5.56 Å². The smallest absolute Gasteiger partial charge is 0.248 e. The molecule has 1 amide bonds. The van der Waals surface area contributed by atoms with Crippen molar-refractivity contribution >= 4 is 33.6 Å². The Morgan fingerprint density at radius 3 is 2.75 bits per heavy atom. The van der Waals surface area contributed by atoms with Gasteiger partial charge in [-0.05, 0) is 23.8 Å². The number of aromatic nitrogens is 1. The van der Waals surface area contributed by atoms with Crippen molar-refractivity contribution in [3.8, 4) is 5.88 Å². The lowest BCUT2D eigenvalue weighted by Gasteiger charge is -2.03. The molecule has 0 unspecified atom stereocenters. The van der Waals surface area contributed by atoms with Crippen LogP contribution in [0.25, 0.3) is 6.08 Å². The number of hydrogen-bond donors (Lipinski definition) is 1. The molecule has 2 rings (SSSR count). The third kappa shape index (κ3) is 3.93. The zero-order valence-corrected chi connectivity index (χ0v) is 12.4. The Kier molecular flexibility index (Phi) is 4.90. The first-order chi connectivity index (χ1) is 9.69. The molecule has 20 heavy (non-hydrogen) atoms. The zero-order valence-electron chi connectivity index (χ0n) is 10.8. The van der Waals surface area contributed by atoms with Gasteiger partial charge in [0.1, 0.15) is 0 Å². The molecule has 0 fully saturated rings. The molecule has 0 radical (unpaired) electrons. The molecule has 0 saturated heterocycles. The summed E-state index contributed by atoms with van der Waals surface area (Å²) in [4.78, 5) is 15.8. The van der Waals surface area contributed by atoms with Gasteiger partial charge in [-0.3, -0.25) is 4.79 Å². The molecular formula is C15H13BrN2O2. The lowest BCUT2D eigenvalue weighted by molar-refractivity contribution is -0.111. The van der Waals surface area contributed by atoms with Crippen molar-refractivity contribution in [1.29, 1.82) is 0 Å². The van der Waals surface area contributed by atoms with Gasteiger partial charge in [-0.25, -0.2) is 4.98 Å². The van der Waals surface area contributed by atoms with E-state index in [1.54, 1.807) is 31.5 Å². The number of nitrogens with one attached hydrogen (secondary N) is 1. The van der Waals surface area contributed by atoms with E-state index >= 15 is 0 Å². The number of methoxy groups -OCH3 is 1. The summed E-state index contributed by atoms with van der Waals surface area (Å²) in [7, 11) is 1.54. The van der Waals surface area contributed by atoms with Crippen LogP contribution in [-0.4, -0.2) is 18.0 Å². The maximum absolute atomic E-state index is 11.8. The van der Waals surface area contributed by atoms with Crippen LogP contribution >= 0.6 is 15.9 Å². The van der Waals surface area contributed by atoms with Crippen LogP contribution in [-0.2, 0) is 4.79 Å². The number of hydrogen-bond acceptors (Lipinski definition) is 3. The summed E-state index contributed by atoms with van der Waals surface area (Å²) in [5.74, 6) is 0.291. The van der Waals surface area contributed by atoms with Gasteiger partial charge in [-0.15, -0.1) is 0 Å². The second-order valence-electron chi connectivity index (χ2n) is 3.93. The van der Waals surface area contributed by atoms with Crippen LogP contribution < -0.4 is 10.1 Å². The number of nitrogens with zero attached hydrogens (tertiary/aromatic N) is 1. The Balaban J connectivity index is 2.00. The quantitative estimate of drug-likeness (QED) is 0.871. The maximum atomic E-state index is 11.8. The SMILES string of the molecule is COc1ccc(NC(=O)/C=C\c2ccccc2Br)cn1. The number of carbonyl (C=O) groups excluding carboxylic acids is 1. The summed E-state index contributed by atoms with van der Waals surface area (Å²) >= 11 is 3.42. The molecule has 0 bridgehead atoms. The first kappa shape index (κ1) is 14.3. The highest BCUT2D eigenvalue weighted by molar-refractivity contribution is 9.10. The Hall–Kier alpha value is -2.14. The number of benzene rings is 1. The van der Waals surface area contributed by atoms with Gasteiger partial charge in [0.15, 0.2) is 0 Å². The van der Waals surface area contributed by atoms with E-state index < -0.39 is 0 Å². The minimum Gasteiger partial charge on any atom is -0.481 e. The van der Waals surface area contributed by atoms with Gasteiger partial charge in [0.2, 0.25) is 11.8 Å². The number of amides is 1. The van der Waals surface area contributed by atoms with Crippen molar-refractivity contribution in [1.82, 2.24) is 4.98 Å². The first-order valence-corrected chi connectivity index (χ1v) is 6.72. The van der Waals surface area contributed by atoms with Gasteiger partial charge in [-0.1, -0.05) is 34.1 Å². The van der Waals surface area contributed by atoms with E-state index in [1.807, 2.05) is 24.3 Å². The molecule has 0 spiro atoms. The number of ether oxygens (including phenoxy) is 1. The number of halogens is 1. The van der Waals surface area contributed by atoms with E-state index in [4.69, 9.17) is 4.74 Å². The Morgan fingerprint density at radius 1 is 1.30 bits per heavy atom. The zero-order chi connectivity index (χ0) is 14.4. The Bertz CT molecular complexity index is 624. The summed E-state index contributed by atoms with van der Waals surface area (Å²) in [6.07, 6.45) is 4.77. The van der Waals surface area contributed by atoms with E-state index in [9.17, 15) is 4.79 Å². The van der Waals surface area contributed by atoms with Gasteiger partial charge in [0.25, 0.3) is 0 Å². The third-order valence-corrected chi connectivity index (χ3v) is 3.25. The van der Waals surface area contributed by atoms with Crippen LogP contribution in [0, 0.1) is 0 Å². The van der Waals surface area contributed by atoms with Gasteiger partial charge >= 0.3 is 0 Å². The molecule has 0 saturated carbocycles. The summed E-state index contributed by atoms with van der Waals surface area (Å²) in [5.41, 5.74) is 1.56. The Labute approximate surface area is 125 Å². The molecule has 2 aromatic rings. The molecule has 0 aliphatic heterocycles. The molecule has 0 aliphatic carbocycles. The predicted octanol–water partition coefficient (Wildman–Crippen LogP) is 3.50. The van der Waals surface area contributed by atoms with E-state index in [0.717, 1.165) is 10.0 Å². The van der Waals surface area contributed by atoms with Crippen LogP contribution in [0.2, 0.25) is 0 Å². The molecule has 1 N–H and O–H groups in total. The summed E-state index contributed by atoms with van der Waals surface area (Å²) in [6.45, 7) is 0. The second kappa shape index (κ2) is 6.86. The fraction of sp³-hybridized carbons (Fsp3) is 0.0667. The summed E-state index contributed by atoms with van der Waals surface area (Å²) in [5, 5.41) is 2.72. The largest absolute Gasteiger partial charge is 0.481 e. The average molecular weight is 333 g/mol. The van der Waals surface area contributed by atoms with Crippen LogP contribution in [0.5, 0.6) is 5.88 Å². The van der Waals surface area contributed by atoms with Gasteiger partial charge in [0, 0.05) is 16.6 Å². The lowest BCUT2D eigenvalue weighted by atomic mass is 10.2. The molecule has 4 nitrogen and oxygen atoms in total. The first-order valence-electron chi connectivity index (χ1n) is 5.92. The average Bonchev–Trinajstić information content (AvgIpc) is 2.47. The molecule has 0 aliphatic rings. The minimum atomic E-state index is -0.215. The number of carbonyl (C=O) groups is 1. The predicted molar refractivity (Wildman–Crippen MR) is 82.6 cm³/mol. The highest BCUT2D eigenvalue weighted by atomic mass is 79.9. The van der Waals surface area contributed by atoms with Crippen molar-refractivity contribution in [3.05, 3.63) is 58.7 Å². The normalized spacial score (nSPS) is 10.5.